The Balaban J connectivity index is 2.38. The molecule has 0 fully saturated rings. The summed E-state index contributed by atoms with van der Waals surface area (Å²) in [4.78, 5) is 3.87. The van der Waals surface area contributed by atoms with E-state index in [1.54, 1.807) is 6.34 Å². The zero-order chi connectivity index (χ0) is 4.41. The van der Waals surface area contributed by atoms with Crippen LogP contribution in [0.4, 0.5) is 0 Å². The standard InChI is InChI=1S/C3H3BrN2/c4-3-1-5-2-6-3/h2-3H,(H,5,6). The van der Waals surface area contributed by atoms with Gasteiger partial charge in [-0.25, -0.2) is 0 Å². The zero-order valence-electron chi connectivity index (χ0n) is 2.98. The highest BCUT2D eigenvalue weighted by Gasteiger charge is 2.03. The highest BCUT2D eigenvalue weighted by molar-refractivity contribution is 9.09. The first-order valence-corrected chi connectivity index (χ1v) is 2.48. The van der Waals surface area contributed by atoms with E-state index >= 15 is 0 Å². The van der Waals surface area contributed by atoms with E-state index in [0.717, 1.165) is 0 Å². The SMILES string of the molecule is BrC1[C]NC=N1. The Bertz CT molecular complexity index is 71.2. The van der Waals surface area contributed by atoms with Gasteiger partial charge >= 0.3 is 0 Å². The summed E-state index contributed by atoms with van der Waals surface area (Å²) in [6.07, 6.45) is 1.60. The van der Waals surface area contributed by atoms with E-state index < -0.39 is 0 Å². The molecule has 32 valence electrons. The molecule has 2 radical (unpaired) electrons. The Morgan fingerprint density at radius 2 is 2.83 bits per heavy atom. The van der Waals surface area contributed by atoms with Crippen LogP contribution in [0, 0.1) is 6.54 Å². The molecule has 1 rings (SSSR count). The highest BCUT2D eigenvalue weighted by atomic mass is 79.9. The summed E-state index contributed by atoms with van der Waals surface area (Å²) < 4.78 is 0. The van der Waals surface area contributed by atoms with Crippen molar-refractivity contribution in [3.8, 4) is 0 Å². The molecule has 1 unspecified atom stereocenters. The van der Waals surface area contributed by atoms with Crippen molar-refractivity contribution in [2.75, 3.05) is 0 Å². The van der Waals surface area contributed by atoms with Crippen LogP contribution in [0.3, 0.4) is 0 Å². The second kappa shape index (κ2) is 1.60. The molecule has 1 aliphatic rings. The second-order valence-electron chi connectivity index (χ2n) is 0.903. The fourth-order valence-electron chi connectivity index (χ4n) is 0.246. The predicted molar refractivity (Wildman–Crippen MR) is 27.6 cm³/mol. The van der Waals surface area contributed by atoms with Gasteiger partial charge in [0.05, 0.1) is 6.34 Å². The fourth-order valence-corrected chi connectivity index (χ4v) is 0.496. The average molecular weight is 147 g/mol. The monoisotopic (exact) mass is 146 g/mol. The summed E-state index contributed by atoms with van der Waals surface area (Å²) in [5, 5.41) is 2.68. The average Bonchev–Trinajstić information content (AvgIpc) is 1.86. The van der Waals surface area contributed by atoms with Crippen molar-refractivity contribution in [1.29, 1.82) is 0 Å². The van der Waals surface area contributed by atoms with Gasteiger partial charge in [-0.05, 0) is 0 Å². The maximum absolute atomic E-state index is 3.81. The fraction of sp³-hybridized carbons (Fsp3) is 0.333. The van der Waals surface area contributed by atoms with Crippen LogP contribution in [0.25, 0.3) is 0 Å². The second-order valence-corrected chi connectivity index (χ2v) is 1.77. The van der Waals surface area contributed by atoms with Crippen molar-refractivity contribution in [3.05, 3.63) is 6.54 Å². The maximum atomic E-state index is 3.81. The Morgan fingerprint density at radius 3 is 3.00 bits per heavy atom. The molecule has 0 saturated carbocycles. The van der Waals surface area contributed by atoms with Crippen LogP contribution in [0.5, 0.6) is 0 Å². The Kier molecular flexibility index (Phi) is 1.10. The van der Waals surface area contributed by atoms with E-state index in [1.165, 1.54) is 0 Å². The van der Waals surface area contributed by atoms with E-state index in [4.69, 9.17) is 0 Å². The molecule has 1 aliphatic heterocycles. The summed E-state index contributed by atoms with van der Waals surface area (Å²) in [6, 6.07) is 0. The molecule has 1 atom stereocenters. The first-order valence-electron chi connectivity index (χ1n) is 1.56. The van der Waals surface area contributed by atoms with Crippen LogP contribution >= 0.6 is 15.9 Å². The third kappa shape index (κ3) is 0.712. The lowest BCUT2D eigenvalue weighted by Gasteiger charge is -1.84. The number of alkyl halides is 1. The highest BCUT2D eigenvalue weighted by Crippen LogP contribution is 2.04. The molecule has 0 aliphatic carbocycles. The number of nitrogens with one attached hydrogen (secondary N) is 1. The molecular formula is C3H3BrN2. The third-order valence-corrected chi connectivity index (χ3v) is 0.938. The molecular weight excluding hydrogens is 144 g/mol. The molecule has 0 aromatic heterocycles. The molecule has 0 aromatic carbocycles. The number of halogens is 1. The molecule has 0 amide bonds. The lowest BCUT2D eigenvalue weighted by Crippen LogP contribution is -2.01. The van der Waals surface area contributed by atoms with Crippen molar-refractivity contribution in [1.82, 2.24) is 5.32 Å². The van der Waals surface area contributed by atoms with Gasteiger partial charge in [0.15, 0.2) is 0 Å². The van der Waals surface area contributed by atoms with E-state index in [0.29, 0.717) is 0 Å². The lowest BCUT2D eigenvalue weighted by molar-refractivity contribution is 1.07. The largest absolute Gasteiger partial charge is 0.363 e. The van der Waals surface area contributed by atoms with Gasteiger partial charge in [0, 0.05) is 0 Å². The molecule has 0 spiro atoms. The van der Waals surface area contributed by atoms with Crippen LogP contribution in [-0.2, 0) is 0 Å². The van der Waals surface area contributed by atoms with Gasteiger partial charge in [-0.2, -0.15) is 0 Å². The van der Waals surface area contributed by atoms with Gasteiger partial charge in [-0.1, -0.05) is 15.9 Å². The summed E-state index contributed by atoms with van der Waals surface area (Å²) in [5.41, 5.74) is 0. The van der Waals surface area contributed by atoms with Gasteiger partial charge in [0.1, 0.15) is 11.5 Å². The van der Waals surface area contributed by atoms with Gasteiger partial charge in [-0.3, -0.25) is 4.99 Å². The number of hydrogen-bond donors (Lipinski definition) is 1. The van der Waals surface area contributed by atoms with Crippen LogP contribution < -0.4 is 5.32 Å². The van der Waals surface area contributed by atoms with Crippen LogP contribution in [0.1, 0.15) is 0 Å². The summed E-state index contributed by atoms with van der Waals surface area (Å²) >= 11 is 3.17. The van der Waals surface area contributed by atoms with Crippen molar-refractivity contribution < 1.29 is 0 Å². The first kappa shape index (κ1) is 4.12. The molecule has 0 aromatic rings. The van der Waals surface area contributed by atoms with Gasteiger partial charge in [0.2, 0.25) is 0 Å². The zero-order valence-corrected chi connectivity index (χ0v) is 4.57. The normalized spacial score (nSPS) is 30.5. The Hall–Kier alpha value is -0.0500. The minimum atomic E-state index is 0.0671. The van der Waals surface area contributed by atoms with Crippen molar-refractivity contribution in [2.24, 2.45) is 4.99 Å². The molecule has 0 saturated heterocycles. The van der Waals surface area contributed by atoms with Crippen LogP contribution in [0.2, 0.25) is 0 Å². The number of hydrogen-bond acceptors (Lipinski definition) is 2. The third-order valence-electron chi connectivity index (χ3n) is 0.472. The molecule has 2 nitrogen and oxygen atoms in total. The van der Waals surface area contributed by atoms with Crippen molar-refractivity contribution in [3.63, 3.8) is 0 Å². The predicted octanol–water partition coefficient (Wildman–Crippen LogP) is 0.378. The minimum Gasteiger partial charge on any atom is -0.363 e. The maximum Gasteiger partial charge on any atom is 0.134 e. The van der Waals surface area contributed by atoms with Crippen molar-refractivity contribution >= 4 is 22.3 Å². The lowest BCUT2D eigenvalue weighted by atomic mass is 10.7. The molecule has 1 heterocycles. The van der Waals surface area contributed by atoms with Crippen LogP contribution in [0.15, 0.2) is 4.99 Å². The molecule has 0 bridgehead atoms. The summed E-state index contributed by atoms with van der Waals surface area (Å²) in [5.74, 6) is 0. The van der Waals surface area contributed by atoms with Crippen molar-refractivity contribution in [2.45, 2.75) is 4.95 Å². The van der Waals surface area contributed by atoms with E-state index in [9.17, 15) is 0 Å². The molecule has 6 heavy (non-hydrogen) atoms. The van der Waals surface area contributed by atoms with Gasteiger partial charge < -0.3 is 5.32 Å². The van der Waals surface area contributed by atoms with Crippen LogP contribution in [-0.4, -0.2) is 11.3 Å². The molecule has 3 heteroatoms. The number of rotatable bonds is 0. The summed E-state index contributed by atoms with van der Waals surface area (Å²) in [7, 11) is 0. The topological polar surface area (TPSA) is 24.4 Å². The minimum absolute atomic E-state index is 0.0671. The van der Waals surface area contributed by atoms with E-state index in [2.05, 4.69) is 32.8 Å². The molecule has 1 N–H and O–H groups in total. The smallest absolute Gasteiger partial charge is 0.134 e. The van der Waals surface area contributed by atoms with Gasteiger partial charge in [-0.15, -0.1) is 0 Å². The number of aliphatic imine (C=N–C) groups is 1. The first-order chi connectivity index (χ1) is 2.89. The van der Waals surface area contributed by atoms with E-state index in [-0.39, 0.29) is 4.95 Å². The Morgan fingerprint density at radius 1 is 2.00 bits per heavy atom. The van der Waals surface area contributed by atoms with Gasteiger partial charge in [0.25, 0.3) is 0 Å². The van der Waals surface area contributed by atoms with E-state index in [1.807, 2.05) is 0 Å². The quantitative estimate of drug-likeness (QED) is 0.388. The summed E-state index contributed by atoms with van der Waals surface area (Å²) in [6.45, 7) is 2.76. The number of nitrogens with zero attached hydrogens (tertiary/aromatic N) is 1. The Labute approximate surface area is 44.8 Å².